The molecule has 2 aliphatic heterocycles. The second kappa shape index (κ2) is 4.05. The Morgan fingerprint density at radius 2 is 2.11 bits per heavy atom. The van der Waals surface area contributed by atoms with E-state index in [0.29, 0.717) is 6.61 Å². The zero-order chi connectivity index (χ0) is 12.9. The van der Waals surface area contributed by atoms with Crippen LogP contribution in [-0.4, -0.2) is 29.8 Å². The number of hydrogen-bond acceptors (Lipinski definition) is 3. The van der Waals surface area contributed by atoms with Gasteiger partial charge in [-0.15, -0.1) is 0 Å². The van der Waals surface area contributed by atoms with Crippen molar-refractivity contribution in [3.8, 4) is 0 Å². The third-order valence-corrected chi connectivity index (χ3v) is 7.42. The first kappa shape index (κ1) is 12.2. The minimum absolute atomic E-state index is 0.00193. The van der Waals surface area contributed by atoms with Gasteiger partial charge >= 0.3 is 0 Å². The Kier molecular flexibility index (Phi) is 2.73. The molecule has 2 heterocycles. The quantitative estimate of drug-likeness (QED) is 0.741. The molecule has 0 aliphatic carbocycles. The fraction of sp³-hybridized carbons (Fsp3) is 0.417. The van der Waals surface area contributed by atoms with Crippen LogP contribution < -0.4 is 4.67 Å². The fourth-order valence-electron chi connectivity index (χ4n) is 2.52. The molecular formula is C12H15N2O2PS. The molecule has 6 heteroatoms. The Bertz CT molecular complexity index is 561. The van der Waals surface area contributed by atoms with Crippen molar-refractivity contribution in [1.29, 1.82) is 0 Å². The number of rotatable bonds is 1. The molecule has 4 nitrogen and oxygen atoms in total. The van der Waals surface area contributed by atoms with Gasteiger partial charge in [-0.2, -0.15) is 0 Å². The van der Waals surface area contributed by atoms with Crippen LogP contribution in [0.5, 0.6) is 0 Å². The number of nitrogens with zero attached hydrogens (tertiary/aromatic N) is 2. The van der Waals surface area contributed by atoms with Crippen LogP contribution in [0.1, 0.15) is 24.2 Å². The Morgan fingerprint density at radius 3 is 2.83 bits per heavy atom. The van der Waals surface area contributed by atoms with E-state index in [1.165, 1.54) is 0 Å². The summed E-state index contributed by atoms with van der Waals surface area (Å²) in [6.45, 7) is 2.96. The molecule has 1 atom stereocenters. The van der Waals surface area contributed by atoms with Crippen molar-refractivity contribution in [2.75, 3.05) is 17.8 Å². The summed E-state index contributed by atoms with van der Waals surface area (Å²) in [5, 5.41) is 0. The second-order valence-corrected chi connectivity index (χ2v) is 8.29. The second-order valence-electron chi connectivity index (χ2n) is 4.71. The number of amides is 1. The van der Waals surface area contributed by atoms with Crippen molar-refractivity contribution in [1.82, 2.24) is 4.67 Å². The third-order valence-electron chi connectivity index (χ3n) is 3.25. The van der Waals surface area contributed by atoms with Crippen molar-refractivity contribution in [3.63, 3.8) is 0 Å². The summed E-state index contributed by atoms with van der Waals surface area (Å²) in [6.07, 6.45) is 0. The van der Waals surface area contributed by atoms with Gasteiger partial charge in [-0.25, -0.2) is 0 Å². The van der Waals surface area contributed by atoms with E-state index in [4.69, 9.17) is 16.3 Å². The summed E-state index contributed by atoms with van der Waals surface area (Å²) in [5.74, 6) is 0.00193. The van der Waals surface area contributed by atoms with E-state index >= 15 is 0 Å². The topological polar surface area (TPSA) is 32.8 Å². The number of para-hydroxylation sites is 1. The number of hydrogen-bond donors (Lipinski definition) is 0. The molecule has 96 valence electrons. The largest absolute Gasteiger partial charge is 0.317 e. The Balaban J connectivity index is 2.23. The summed E-state index contributed by atoms with van der Waals surface area (Å²) in [5.41, 5.74) is 1.66. The van der Waals surface area contributed by atoms with E-state index in [-0.39, 0.29) is 11.9 Å². The number of carbonyl (C=O) groups excluding carboxylic acids is 1. The molecule has 0 saturated carbocycles. The van der Waals surface area contributed by atoms with Crippen LogP contribution in [0.15, 0.2) is 24.3 Å². The van der Waals surface area contributed by atoms with Crippen LogP contribution in [0.3, 0.4) is 0 Å². The lowest BCUT2D eigenvalue weighted by Crippen LogP contribution is -2.42. The van der Waals surface area contributed by atoms with E-state index in [9.17, 15) is 4.79 Å². The molecule has 18 heavy (non-hydrogen) atoms. The maximum Gasteiger partial charge on any atom is 0.262 e. The lowest BCUT2D eigenvalue weighted by molar-refractivity contribution is 0.0823. The van der Waals surface area contributed by atoms with Gasteiger partial charge in [-0.1, -0.05) is 12.1 Å². The van der Waals surface area contributed by atoms with E-state index in [2.05, 4.69) is 4.67 Å². The number of benzene rings is 1. The van der Waals surface area contributed by atoms with Crippen LogP contribution in [0.2, 0.25) is 0 Å². The standard InChI is InChI=1S/C12H15N2O2PS/c1-9(2)14-12(15)10-5-3-4-6-11(10)13-7-8-16-17(13,14)18/h3-6,9H,7-8H2,1-2H3. The minimum Gasteiger partial charge on any atom is -0.317 e. The predicted molar refractivity (Wildman–Crippen MR) is 75.3 cm³/mol. The SMILES string of the molecule is CC(C)N1C(=O)c2ccccc2N2CCOP21=S. The molecule has 0 aromatic heterocycles. The van der Waals surface area contributed by atoms with Crippen LogP contribution in [0.25, 0.3) is 0 Å². The van der Waals surface area contributed by atoms with Gasteiger partial charge in [-0.05, 0) is 37.8 Å². The van der Waals surface area contributed by atoms with Gasteiger partial charge in [0.1, 0.15) is 0 Å². The van der Waals surface area contributed by atoms with Crippen molar-refractivity contribution in [3.05, 3.63) is 29.8 Å². The highest BCUT2D eigenvalue weighted by Crippen LogP contribution is 2.63. The molecule has 1 aromatic carbocycles. The van der Waals surface area contributed by atoms with E-state index in [0.717, 1.165) is 17.8 Å². The summed E-state index contributed by atoms with van der Waals surface area (Å²) < 4.78 is 9.67. The zero-order valence-electron chi connectivity index (χ0n) is 10.4. The Labute approximate surface area is 112 Å². The molecule has 1 saturated heterocycles. The summed E-state index contributed by atoms with van der Waals surface area (Å²) in [6, 6.07) is 7.71. The van der Waals surface area contributed by atoms with Crippen molar-refractivity contribution in [2.45, 2.75) is 19.9 Å². The zero-order valence-corrected chi connectivity index (χ0v) is 12.1. The normalized spacial score (nSPS) is 26.5. The van der Waals surface area contributed by atoms with Gasteiger partial charge in [0.25, 0.3) is 12.5 Å². The van der Waals surface area contributed by atoms with Crippen molar-refractivity contribution in [2.24, 2.45) is 0 Å². The van der Waals surface area contributed by atoms with E-state index < -0.39 is 6.57 Å². The molecule has 0 bridgehead atoms. The van der Waals surface area contributed by atoms with Gasteiger partial charge in [0.15, 0.2) is 0 Å². The van der Waals surface area contributed by atoms with Crippen molar-refractivity contribution >= 4 is 30.0 Å². The third kappa shape index (κ3) is 1.48. The lowest BCUT2D eigenvalue weighted by Gasteiger charge is -2.44. The first-order chi connectivity index (χ1) is 8.55. The van der Waals surface area contributed by atoms with E-state index in [1.807, 2.05) is 38.1 Å². The Hall–Kier alpha value is -0.900. The maximum absolute atomic E-state index is 12.6. The highest BCUT2D eigenvalue weighted by atomic mass is 32.5. The highest BCUT2D eigenvalue weighted by molar-refractivity contribution is 8.12. The molecule has 1 amide bonds. The highest BCUT2D eigenvalue weighted by Gasteiger charge is 2.48. The predicted octanol–water partition coefficient (Wildman–Crippen LogP) is 2.61. The van der Waals surface area contributed by atoms with Gasteiger partial charge < -0.3 is 9.19 Å². The van der Waals surface area contributed by atoms with E-state index in [1.54, 1.807) is 4.67 Å². The summed E-state index contributed by atoms with van der Waals surface area (Å²) in [7, 11) is 0. The molecule has 2 aliphatic rings. The fourth-order valence-corrected chi connectivity index (χ4v) is 6.56. The maximum atomic E-state index is 12.6. The molecule has 0 radical (unpaired) electrons. The monoisotopic (exact) mass is 282 g/mol. The van der Waals surface area contributed by atoms with Gasteiger partial charge in [0.05, 0.1) is 17.9 Å². The molecule has 1 fully saturated rings. The number of anilines is 1. The summed E-state index contributed by atoms with van der Waals surface area (Å²) in [4.78, 5) is 12.6. The molecule has 1 aromatic rings. The molecule has 3 rings (SSSR count). The van der Waals surface area contributed by atoms with Crippen LogP contribution in [-0.2, 0) is 16.3 Å². The molecular weight excluding hydrogens is 267 g/mol. The molecule has 0 N–H and O–H groups in total. The van der Waals surface area contributed by atoms with Gasteiger partial charge in [-0.3, -0.25) is 9.46 Å². The van der Waals surface area contributed by atoms with Crippen LogP contribution in [0.4, 0.5) is 5.69 Å². The van der Waals surface area contributed by atoms with Gasteiger partial charge in [0.2, 0.25) is 0 Å². The van der Waals surface area contributed by atoms with Crippen LogP contribution >= 0.6 is 6.57 Å². The number of fused-ring (bicyclic) bond motifs is 3. The van der Waals surface area contributed by atoms with Crippen molar-refractivity contribution < 1.29 is 9.32 Å². The van der Waals surface area contributed by atoms with Gasteiger partial charge in [0, 0.05) is 12.6 Å². The molecule has 1 unspecified atom stereocenters. The summed E-state index contributed by atoms with van der Waals surface area (Å²) >= 11 is 5.71. The number of carbonyl (C=O) groups is 1. The van der Waals surface area contributed by atoms with Crippen LogP contribution in [0, 0.1) is 0 Å². The first-order valence-corrected chi connectivity index (χ1v) is 8.64. The smallest absolute Gasteiger partial charge is 0.262 e. The first-order valence-electron chi connectivity index (χ1n) is 6.01. The lowest BCUT2D eigenvalue weighted by atomic mass is 10.1. The molecule has 0 spiro atoms. The minimum atomic E-state index is -2.38. The Morgan fingerprint density at radius 1 is 1.39 bits per heavy atom. The average molecular weight is 282 g/mol. The average Bonchev–Trinajstić information content (AvgIpc) is 2.71.